The molecule has 192 valence electrons. The summed E-state index contributed by atoms with van der Waals surface area (Å²) in [5.41, 5.74) is -0.193. The van der Waals surface area contributed by atoms with Crippen LogP contribution in [0.3, 0.4) is 0 Å². The van der Waals surface area contributed by atoms with Gasteiger partial charge in [-0.2, -0.15) is 0 Å². The summed E-state index contributed by atoms with van der Waals surface area (Å²) in [6, 6.07) is 13.7. The number of methoxy groups -OCH3 is 1. The van der Waals surface area contributed by atoms with Crippen molar-refractivity contribution in [2.24, 2.45) is 0 Å². The van der Waals surface area contributed by atoms with Gasteiger partial charge in [0.05, 0.1) is 23.2 Å². The minimum absolute atomic E-state index is 0.0583. The second kappa shape index (κ2) is 13.2. The molecular weight excluding hydrogens is 464 g/mol. The number of nitrogens with one attached hydrogen (secondary N) is 2. The smallest absolute Gasteiger partial charge is 0.331 e. The van der Waals surface area contributed by atoms with Crippen LogP contribution in [0.5, 0.6) is 5.75 Å². The molecule has 1 aromatic heterocycles. The highest BCUT2D eigenvalue weighted by Gasteiger charge is 2.16. The van der Waals surface area contributed by atoms with Crippen LogP contribution in [-0.2, 0) is 27.4 Å². The normalized spacial score (nSPS) is 10.8. The van der Waals surface area contributed by atoms with Crippen molar-refractivity contribution >= 4 is 28.4 Å². The Bertz CT molecular complexity index is 1310. The van der Waals surface area contributed by atoms with Crippen LogP contribution in [0.4, 0.5) is 5.69 Å². The molecule has 0 spiro atoms. The Morgan fingerprint density at radius 1 is 0.944 bits per heavy atom. The van der Waals surface area contributed by atoms with E-state index in [-0.39, 0.29) is 25.4 Å². The molecule has 3 rings (SSSR count). The number of amides is 2. The number of carbonyl (C=O) groups is 2. The molecule has 0 unspecified atom stereocenters. The zero-order valence-electron chi connectivity index (χ0n) is 20.6. The van der Waals surface area contributed by atoms with Crippen LogP contribution in [0.15, 0.2) is 58.1 Å². The van der Waals surface area contributed by atoms with Gasteiger partial charge in [-0.15, -0.1) is 0 Å². The molecule has 1 heterocycles. The third kappa shape index (κ3) is 6.82. The predicted molar refractivity (Wildman–Crippen MR) is 137 cm³/mol. The summed E-state index contributed by atoms with van der Waals surface area (Å²) in [5.74, 6) is -0.0707. The van der Waals surface area contributed by atoms with E-state index in [1.807, 2.05) is 6.92 Å². The van der Waals surface area contributed by atoms with E-state index in [9.17, 15) is 19.2 Å². The maximum Gasteiger partial charge on any atom is 0.331 e. The molecule has 3 aromatic rings. The topological polar surface area (TPSA) is 121 Å². The molecule has 0 atom stereocenters. The predicted octanol–water partition coefficient (Wildman–Crippen LogP) is 2.13. The fraction of sp³-hybridized carbons (Fsp3) is 0.385. The summed E-state index contributed by atoms with van der Waals surface area (Å²) in [4.78, 5) is 51.3. The molecule has 0 aliphatic heterocycles. The Labute approximate surface area is 208 Å². The lowest BCUT2D eigenvalue weighted by Gasteiger charge is -2.15. The Morgan fingerprint density at radius 2 is 1.69 bits per heavy atom. The second-order valence-electron chi connectivity index (χ2n) is 8.12. The lowest BCUT2D eigenvalue weighted by molar-refractivity contribution is -0.121. The number of fused-ring (bicyclic) bond motifs is 1. The summed E-state index contributed by atoms with van der Waals surface area (Å²) in [7, 11) is 1.60. The first kappa shape index (κ1) is 26.7. The zero-order valence-corrected chi connectivity index (χ0v) is 20.6. The second-order valence-corrected chi connectivity index (χ2v) is 8.12. The summed E-state index contributed by atoms with van der Waals surface area (Å²) < 4.78 is 12.9. The van der Waals surface area contributed by atoms with Crippen molar-refractivity contribution in [2.45, 2.75) is 39.3 Å². The number of carbonyl (C=O) groups excluding carboxylic acids is 2. The molecule has 10 nitrogen and oxygen atoms in total. The summed E-state index contributed by atoms with van der Waals surface area (Å²) in [6.07, 6.45) is 1.17. The van der Waals surface area contributed by atoms with Gasteiger partial charge in [-0.25, -0.2) is 4.79 Å². The Kier molecular flexibility index (Phi) is 9.82. The van der Waals surface area contributed by atoms with Crippen LogP contribution in [0.1, 0.15) is 26.2 Å². The van der Waals surface area contributed by atoms with E-state index in [4.69, 9.17) is 9.47 Å². The van der Waals surface area contributed by atoms with E-state index in [0.29, 0.717) is 54.9 Å². The van der Waals surface area contributed by atoms with Crippen LogP contribution in [0.2, 0.25) is 0 Å². The van der Waals surface area contributed by atoms with E-state index < -0.39 is 17.2 Å². The number of rotatable bonds is 13. The minimum Gasteiger partial charge on any atom is -0.492 e. The van der Waals surface area contributed by atoms with Crippen LogP contribution < -0.4 is 26.6 Å². The van der Waals surface area contributed by atoms with E-state index in [1.165, 1.54) is 4.57 Å². The van der Waals surface area contributed by atoms with Crippen LogP contribution in [-0.4, -0.2) is 47.8 Å². The highest BCUT2D eigenvalue weighted by Crippen LogP contribution is 2.23. The molecule has 0 saturated carbocycles. The van der Waals surface area contributed by atoms with Crippen molar-refractivity contribution in [3.8, 4) is 5.75 Å². The summed E-state index contributed by atoms with van der Waals surface area (Å²) in [5, 5.41) is 5.89. The molecule has 36 heavy (non-hydrogen) atoms. The minimum atomic E-state index is -0.604. The van der Waals surface area contributed by atoms with E-state index >= 15 is 0 Å². The molecule has 2 amide bonds. The molecule has 0 radical (unpaired) electrons. The van der Waals surface area contributed by atoms with E-state index in [1.54, 1.807) is 55.6 Å². The summed E-state index contributed by atoms with van der Waals surface area (Å²) >= 11 is 0. The Hall–Kier alpha value is -3.92. The fourth-order valence-corrected chi connectivity index (χ4v) is 3.84. The van der Waals surface area contributed by atoms with Crippen LogP contribution in [0, 0.1) is 0 Å². The number of para-hydroxylation sites is 3. The summed E-state index contributed by atoms with van der Waals surface area (Å²) in [6.45, 7) is 3.10. The number of hydrogen-bond acceptors (Lipinski definition) is 6. The maximum absolute atomic E-state index is 13.3. The van der Waals surface area contributed by atoms with Crippen molar-refractivity contribution in [1.29, 1.82) is 0 Å². The van der Waals surface area contributed by atoms with Gasteiger partial charge in [0.2, 0.25) is 11.8 Å². The quantitative estimate of drug-likeness (QED) is 0.350. The number of anilines is 1. The third-order valence-electron chi connectivity index (χ3n) is 5.53. The lowest BCUT2D eigenvalue weighted by Crippen LogP contribution is -2.42. The molecule has 0 aliphatic carbocycles. The van der Waals surface area contributed by atoms with Gasteiger partial charge in [-0.3, -0.25) is 23.5 Å². The fourth-order valence-electron chi connectivity index (χ4n) is 3.84. The van der Waals surface area contributed by atoms with Gasteiger partial charge in [0, 0.05) is 33.2 Å². The number of ether oxygens (including phenoxy) is 2. The lowest BCUT2D eigenvalue weighted by atomic mass is 10.2. The van der Waals surface area contributed by atoms with Gasteiger partial charge in [0.25, 0.3) is 5.56 Å². The SMILES string of the molecule is CCOc1ccccc1NC(=O)Cn1c(=O)n(CCCC(=O)NCCCOC)c(=O)c2ccccc21. The maximum atomic E-state index is 13.3. The van der Waals surface area contributed by atoms with Crippen molar-refractivity contribution in [2.75, 3.05) is 32.2 Å². The van der Waals surface area contributed by atoms with Crippen molar-refractivity contribution < 1.29 is 19.1 Å². The first-order valence-corrected chi connectivity index (χ1v) is 12.0. The monoisotopic (exact) mass is 496 g/mol. The number of nitrogens with zero attached hydrogens (tertiary/aromatic N) is 2. The van der Waals surface area contributed by atoms with Crippen LogP contribution in [0.25, 0.3) is 10.9 Å². The van der Waals surface area contributed by atoms with Gasteiger partial charge in [0.1, 0.15) is 12.3 Å². The van der Waals surface area contributed by atoms with Gasteiger partial charge in [-0.1, -0.05) is 24.3 Å². The molecule has 0 aliphatic rings. The van der Waals surface area contributed by atoms with Crippen molar-refractivity contribution in [1.82, 2.24) is 14.5 Å². The average Bonchev–Trinajstić information content (AvgIpc) is 2.88. The first-order valence-electron chi connectivity index (χ1n) is 12.0. The van der Waals surface area contributed by atoms with Crippen molar-refractivity contribution in [3.63, 3.8) is 0 Å². The van der Waals surface area contributed by atoms with E-state index in [0.717, 1.165) is 4.57 Å². The number of aromatic nitrogens is 2. The molecule has 2 aromatic carbocycles. The highest BCUT2D eigenvalue weighted by atomic mass is 16.5. The molecule has 2 N–H and O–H groups in total. The van der Waals surface area contributed by atoms with Gasteiger partial charge < -0.3 is 20.1 Å². The van der Waals surface area contributed by atoms with Gasteiger partial charge >= 0.3 is 5.69 Å². The molecular formula is C26H32N4O6. The average molecular weight is 497 g/mol. The zero-order chi connectivity index (χ0) is 25.9. The molecule has 0 saturated heterocycles. The Balaban J connectivity index is 1.79. The number of benzene rings is 2. The van der Waals surface area contributed by atoms with Gasteiger partial charge in [0.15, 0.2) is 0 Å². The molecule has 0 fully saturated rings. The largest absolute Gasteiger partial charge is 0.492 e. The van der Waals surface area contributed by atoms with Gasteiger partial charge in [-0.05, 0) is 44.0 Å². The standard InChI is InChI=1S/C26H32N4O6/c1-3-36-22-13-7-5-11-20(22)28-24(32)18-30-21-12-6-4-10-19(21)25(33)29(26(30)34)16-8-14-23(31)27-15-9-17-35-2/h4-7,10-13H,3,8-9,14-18H2,1-2H3,(H,27,31)(H,28,32). The third-order valence-corrected chi connectivity index (χ3v) is 5.53. The first-order chi connectivity index (χ1) is 17.5. The van der Waals surface area contributed by atoms with Crippen molar-refractivity contribution in [3.05, 3.63) is 69.4 Å². The molecule has 10 heteroatoms. The molecule has 0 bridgehead atoms. The van der Waals surface area contributed by atoms with E-state index in [2.05, 4.69) is 10.6 Å². The highest BCUT2D eigenvalue weighted by molar-refractivity contribution is 5.93. The number of hydrogen-bond donors (Lipinski definition) is 2. The Morgan fingerprint density at radius 3 is 2.47 bits per heavy atom. The van der Waals surface area contributed by atoms with Crippen LogP contribution >= 0.6 is 0 Å².